The lowest BCUT2D eigenvalue weighted by Crippen LogP contribution is -2.14. The van der Waals surface area contributed by atoms with Crippen molar-refractivity contribution in [3.8, 4) is 5.75 Å². The normalized spacial score (nSPS) is 19.1. The third-order valence-corrected chi connectivity index (χ3v) is 5.75. The fraction of sp³-hybridized carbons (Fsp3) is 0.400. The van der Waals surface area contributed by atoms with E-state index in [1.807, 2.05) is 12.1 Å². The molecule has 0 radical (unpaired) electrons. The molecule has 31 heavy (non-hydrogen) atoms. The molecular weight excluding hydrogens is 405 g/mol. The van der Waals surface area contributed by atoms with Gasteiger partial charge in [-0.2, -0.15) is 0 Å². The van der Waals surface area contributed by atoms with E-state index in [4.69, 9.17) is 9.47 Å². The molecule has 0 spiro atoms. The predicted molar refractivity (Wildman–Crippen MR) is 114 cm³/mol. The smallest absolute Gasteiger partial charge is 0.343 e. The maximum Gasteiger partial charge on any atom is 0.343 e. The zero-order chi connectivity index (χ0) is 22.2. The summed E-state index contributed by atoms with van der Waals surface area (Å²) in [5.41, 5.74) is 0.555. The van der Waals surface area contributed by atoms with E-state index in [0.29, 0.717) is 11.5 Å². The number of ether oxygens (including phenoxy) is 2. The second-order valence-corrected chi connectivity index (χ2v) is 7.92. The van der Waals surface area contributed by atoms with E-state index in [-0.39, 0.29) is 5.75 Å². The second-order valence-electron chi connectivity index (χ2n) is 7.92. The van der Waals surface area contributed by atoms with Crippen molar-refractivity contribution in [3.63, 3.8) is 0 Å². The van der Waals surface area contributed by atoms with Gasteiger partial charge in [-0.05, 0) is 73.8 Å². The molecule has 0 aliphatic heterocycles. The van der Waals surface area contributed by atoms with Gasteiger partial charge in [-0.3, -0.25) is 0 Å². The van der Waals surface area contributed by atoms with Crippen LogP contribution in [0, 0.1) is 17.7 Å². The Morgan fingerprint density at radius 1 is 1.10 bits per heavy atom. The van der Waals surface area contributed by atoms with Crippen LogP contribution in [-0.2, 0) is 4.74 Å². The van der Waals surface area contributed by atoms with Gasteiger partial charge in [-0.25, -0.2) is 18.0 Å². The highest BCUT2D eigenvalue weighted by atomic mass is 19.3. The number of methoxy groups -OCH3 is 1. The van der Waals surface area contributed by atoms with Gasteiger partial charge < -0.3 is 9.47 Å². The van der Waals surface area contributed by atoms with Crippen LogP contribution < -0.4 is 4.74 Å². The number of alkyl halides is 2. The number of carbonyl (C=O) groups excluding carboxylic acids is 1. The average Bonchev–Trinajstić information content (AvgIpc) is 2.77. The molecule has 1 fully saturated rings. The molecule has 0 amide bonds. The summed E-state index contributed by atoms with van der Waals surface area (Å²) in [7, 11) is 1.74. The molecule has 1 saturated carbocycles. The molecule has 0 heterocycles. The van der Waals surface area contributed by atoms with Crippen LogP contribution in [0.25, 0.3) is 6.08 Å². The molecule has 0 saturated heterocycles. The third-order valence-electron chi connectivity index (χ3n) is 5.75. The van der Waals surface area contributed by atoms with Crippen LogP contribution in [-0.4, -0.2) is 19.7 Å². The largest absolute Gasteiger partial charge is 0.423 e. The van der Waals surface area contributed by atoms with Crippen molar-refractivity contribution in [3.05, 3.63) is 71.0 Å². The molecule has 1 aliphatic rings. The first-order chi connectivity index (χ1) is 15.0. The lowest BCUT2D eigenvalue weighted by molar-refractivity contribution is 0.0734. The van der Waals surface area contributed by atoms with Crippen molar-refractivity contribution >= 4 is 12.0 Å². The SMILES string of the molecule is COCCC1CCC(C=Cc2ccc(C(=O)Oc3ccc(C(F)F)c(F)c3)cc2)CC1. The van der Waals surface area contributed by atoms with E-state index in [1.54, 1.807) is 19.2 Å². The molecule has 0 unspecified atom stereocenters. The predicted octanol–water partition coefficient (Wildman–Crippen LogP) is 6.84. The Balaban J connectivity index is 1.52. The van der Waals surface area contributed by atoms with Gasteiger partial charge in [-0.15, -0.1) is 0 Å². The fourth-order valence-corrected chi connectivity index (χ4v) is 3.85. The van der Waals surface area contributed by atoms with E-state index in [1.165, 1.54) is 25.7 Å². The van der Waals surface area contributed by atoms with E-state index >= 15 is 0 Å². The minimum absolute atomic E-state index is 0.114. The van der Waals surface area contributed by atoms with E-state index in [2.05, 4.69) is 12.2 Å². The van der Waals surface area contributed by atoms with Crippen molar-refractivity contribution in [2.75, 3.05) is 13.7 Å². The lowest BCUT2D eigenvalue weighted by atomic mass is 9.80. The zero-order valence-electron chi connectivity index (χ0n) is 17.5. The van der Waals surface area contributed by atoms with Crippen molar-refractivity contribution in [1.29, 1.82) is 0 Å². The standard InChI is InChI=1S/C25H27F3O3/c1-30-15-14-19-6-4-17(5-7-19)2-3-18-8-10-20(11-9-18)25(29)31-21-12-13-22(24(27)28)23(26)16-21/h2-3,8-13,16-17,19,24H,4-7,14-15H2,1H3. The number of rotatable bonds is 8. The molecule has 2 aromatic rings. The summed E-state index contributed by atoms with van der Waals surface area (Å²) in [6, 6.07) is 9.77. The number of carbonyl (C=O) groups is 1. The molecule has 3 rings (SSSR count). The molecule has 0 aromatic heterocycles. The van der Waals surface area contributed by atoms with Crippen LogP contribution in [0.2, 0.25) is 0 Å². The maximum absolute atomic E-state index is 13.6. The topological polar surface area (TPSA) is 35.5 Å². The van der Waals surface area contributed by atoms with Crippen LogP contribution >= 0.6 is 0 Å². The fourth-order valence-electron chi connectivity index (χ4n) is 3.85. The van der Waals surface area contributed by atoms with Crippen LogP contribution in [0.1, 0.15) is 60.0 Å². The first-order valence-corrected chi connectivity index (χ1v) is 10.5. The lowest BCUT2D eigenvalue weighted by Gasteiger charge is -2.26. The number of halogens is 3. The molecule has 0 bridgehead atoms. The zero-order valence-corrected chi connectivity index (χ0v) is 17.5. The summed E-state index contributed by atoms with van der Waals surface area (Å²) < 4.78 is 49.1. The van der Waals surface area contributed by atoms with Crippen LogP contribution in [0.3, 0.4) is 0 Å². The van der Waals surface area contributed by atoms with Gasteiger partial charge >= 0.3 is 5.97 Å². The summed E-state index contributed by atoms with van der Waals surface area (Å²) >= 11 is 0. The van der Waals surface area contributed by atoms with Gasteiger partial charge in [0.15, 0.2) is 0 Å². The Morgan fingerprint density at radius 3 is 2.42 bits per heavy atom. The Hall–Kier alpha value is -2.60. The Kier molecular flexibility index (Phi) is 8.29. The highest BCUT2D eigenvalue weighted by Crippen LogP contribution is 2.32. The Bertz CT molecular complexity index is 885. The van der Waals surface area contributed by atoms with Gasteiger partial charge in [0, 0.05) is 19.8 Å². The molecule has 0 N–H and O–H groups in total. The highest BCUT2D eigenvalue weighted by molar-refractivity contribution is 5.91. The summed E-state index contributed by atoms with van der Waals surface area (Å²) in [6.07, 6.45) is 7.31. The van der Waals surface area contributed by atoms with Crippen LogP contribution in [0.5, 0.6) is 5.75 Å². The van der Waals surface area contributed by atoms with E-state index in [9.17, 15) is 18.0 Å². The monoisotopic (exact) mass is 432 g/mol. The van der Waals surface area contributed by atoms with Gasteiger partial charge in [-0.1, -0.05) is 24.3 Å². The van der Waals surface area contributed by atoms with Crippen LogP contribution in [0.15, 0.2) is 48.5 Å². The number of esters is 1. The van der Waals surface area contributed by atoms with Gasteiger partial charge in [0.1, 0.15) is 11.6 Å². The summed E-state index contributed by atoms with van der Waals surface area (Å²) in [5.74, 6) is -0.566. The third kappa shape index (κ3) is 6.69. The summed E-state index contributed by atoms with van der Waals surface area (Å²) in [6.45, 7) is 0.829. The molecular formula is C25H27F3O3. The molecule has 2 aromatic carbocycles. The number of hydrogen-bond donors (Lipinski definition) is 0. The highest BCUT2D eigenvalue weighted by Gasteiger charge is 2.19. The number of hydrogen-bond acceptors (Lipinski definition) is 3. The average molecular weight is 432 g/mol. The van der Waals surface area contributed by atoms with E-state index < -0.39 is 23.8 Å². The van der Waals surface area contributed by atoms with Crippen molar-refractivity contribution in [1.82, 2.24) is 0 Å². The summed E-state index contributed by atoms with van der Waals surface area (Å²) in [5, 5.41) is 0. The Morgan fingerprint density at radius 2 is 1.81 bits per heavy atom. The van der Waals surface area contributed by atoms with Gasteiger partial charge in [0.25, 0.3) is 6.43 Å². The first kappa shape index (κ1) is 23.1. The van der Waals surface area contributed by atoms with Gasteiger partial charge in [0.2, 0.25) is 0 Å². The molecule has 0 atom stereocenters. The van der Waals surface area contributed by atoms with E-state index in [0.717, 1.165) is 42.7 Å². The van der Waals surface area contributed by atoms with Gasteiger partial charge in [0.05, 0.1) is 11.1 Å². The minimum atomic E-state index is -2.92. The Labute approximate surface area is 180 Å². The van der Waals surface area contributed by atoms with Crippen LogP contribution in [0.4, 0.5) is 13.2 Å². The van der Waals surface area contributed by atoms with Crippen molar-refractivity contribution in [2.24, 2.45) is 11.8 Å². The van der Waals surface area contributed by atoms with Crippen molar-refractivity contribution in [2.45, 2.75) is 38.5 Å². The molecule has 166 valence electrons. The second kappa shape index (κ2) is 11.1. The summed E-state index contributed by atoms with van der Waals surface area (Å²) in [4.78, 5) is 12.2. The first-order valence-electron chi connectivity index (χ1n) is 10.5. The molecule has 3 nitrogen and oxygen atoms in total. The van der Waals surface area contributed by atoms with Crippen molar-refractivity contribution < 1.29 is 27.4 Å². The number of benzene rings is 2. The number of allylic oxidation sites excluding steroid dienone is 1. The molecule has 6 heteroatoms. The molecule has 1 aliphatic carbocycles. The minimum Gasteiger partial charge on any atom is -0.423 e. The quantitative estimate of drug-likeness (QED) is 0.338. The maximum atomic E-state index is 13.6.